The Balaban J connectivity index is 0.00000289. The quantitative estimate of drug-likeness (QED) is 0.580. The van der Waals surface area contributed by atoms with Crippen LogP contribution in [0, 0.1) is 6.92 Å². The van der Waals surface area contributed by atoms with Crippen LogP contribution in [-0.4, -0.2) is 61.2 Å². The maximum atomic E-state index is 12.5. The van der Waals surface area contributed by atoms with Crippen molar-refractivity contribution in [3.63, 3.8) is 0 Å². The highest BCUT2D eigenvalue weighted by molar-refractivity contribution is 5.92. The number of piperazine rings is 1. The number of aryl methyl sites for hydroxylation is 1. The first-order valence-electron chi connectivity index (χ1n) is 9.96. The van der Waals surface area contributed by atoms with Gasteiger partial charge >= 0.3 is 0 Å². The summed E-state index contributed by atoms with van der Waals surface area (Å²) < 4.78 is 16.2. The van der Waals surface area contributed by atoms with Gasteiger partial charge in [-0.1, -0.05) is 0 Å². The minimum Gasteiger partial charge on any atom is -0.493 e. The zero-order chi connectivity index (χ0) is 22.0. The van der Waals surface area contributed by atoms with Crippen LogP contribution in [0.1, 0.15) is 11.5 Å². The summed E-state index contributed by atoms with van der Waals surface area (Å²) in [5.74, 6) is 3.48. The number of methoxy groups -OCH3 is 2. The molecule has 9 nitrogen and oxygen atoms in total. The predicted octanol–water partition coefficient (Wildman–Crippen LogP) is 2.91. The molecular formula is C22H26ClN5O4. The van der Waals surface area contributed by atoms with Gasteiger partial charge in [0, 0.05) is 43.7 Å². The molecule has 1 amide bonds. The molecule has 0 radical (unpaired) electrons. The van der Waals surface area contributed by atoms with Gasteiger partial charge in [0.15, 0.2) is 11.5 Å². The van der Waals surface area contributed by atoms with Crippen molar-refractivity contribution in [2.75, 3.05) is 51.0 Å². The molecule has 1 saturated heterocycles. The Morgan fingerprint density at radius 1 is 1.09 bits per heavy atom. The molecule has 10 heteroatoms. The van der Waals surface area contributed by atoms with Crippen molar-refractivity contribution >= 4 is 47.1 Å². The van der Waals surface area contributed by atoms with E-state index in [0.29, 0.717) is 66.1 Å². The summed E-state index contributed by atoms with van der Waals surface area (Å²) >= 11 is 0. The molecule has 1 aliphatic heterocycles. The first-order chi connectivity index (χ1) is 15.0. The van der Waals surface area contributed by atoms with Gasteiger partial charge in [-0.05, 0) is 31.2 Å². The van der Waals surface area contributed by atoms with E-state index in [-0.39, 0.29) is 18.3 Å². The Morgan fingerprint density at radius 3 is 2.41 bits per heavy atom. The van der Waals surface area contributed by atoms with Crippen LogP contribution in [-0.2, 0) is 4.79 Å². The number of carbonyl (C=O) groups excluding carboxylic acids is 1. The van der Waals surface area contributed by atoms with Gasteiger partial charge in [0.25, 0.3) is 0 Å². The van der Waals surface area contributed by atoms with Gasteiger partial charge in [-0.25, -0.2) is 4.98 Å². The van der Waals surface area contributed by atoms with Crippen molar-refractivity contribution in [2.45, 2.75) is 6.92 Å². The van der Waals surface area contributed by atoms with Gasteiger partial charge in [0.1, 0.15) is 17.3 Å². The van der Waals surface area contributed by atoms with Crippen LogP contribution in [0.15, 0.2) is 34.8 Å². The summed E-state index contributed by atoms with van der Waals surface area (Å²) in [5, 5.41) is 0.702. The van der Waals surface area contributed by atoms with E-state index in [2.05, 4.69) is 9.97 Å². The van der Waals surface area contributed by atoms with Gasteiger partial charge in [-0.15, -0.1) is 12.4 Å². The molecule has 1 aliphatic rings. The predicted molar refractivity (Wildman–Crippen MR) is 126 cm³/mol. The van der Waals surface area contributed by atoms with E-state index < -0.39 is 0 Å². The molecule has 3 aromatic rings. The summed E-state index contributed by atoms with van der Waals surface area (Å²) in [6, 6.07) is 7.26. The summed E-state index contributed by atoms with van der Waals surface area (Å²) in [4.78, 5) is 25.4. The van der Waals surface area contributed by atoms with E-state index in [0.717, 1.165) is 5.76 Å². The number of amides is 1. The number of furan rings is 1. The standard InChI is InChI=1S/C22H25N5O4.ClH/c1-14-4-5-15(31-14)6-7-20(28)26-8-10-27(11-9-26)22-24-17-13-19(30-3)18(29-2)12-16(17)21(23)25-22;/h4-7,12-13H,8-11H2,1-3H3,(H2,23,24,25);1H/b7-6+;. The summed E-state index contributed by atoms with van der Waals surface area (Å²) in [7, 11) is 3.15. The number of anilines is 2. The Kier molecular flexibility index (Phi) is 7.09. The zero-order valence-corrected chi connectivity index (χ0v) is 19.0. The number of benzene rings is 1. The molecule has 0 aliphatic carbocycles. The second-order valence-corrected chi connectivity index (χ2v) is 7.23. The van der Waals surface area contributed by atoms with Crippen molar-refractivity contribution in [3.05, 3.63) is 41.9 Å². The molecule has 1 aromatic carbocycles. The lowest BCUT2D eigenvalue weighted by atomic mass is 10.2. The number of halogens is 1. The molecule has 0 spiro atoms. The highest BCUT2D eigenvalue weighted by atomic mass is 35.5. The lowest BCUT2D eigenvalue weighted by molar-refractivity contribution is -0.126. The lowest BCUT2D eigenvalue weighted by Crippen LogP contribution is -2.48. The number of ether oxygens (including phenoxy) is 2. The van der Waals surface area contributed by atoms with Crippen LogP contribution in [0.2, 0.25) is 0 Å². The number of hydrogen-bond acceptors (Lipinski definition) is 8. The maximum Gasteiger partial charge on any atom is 0.246 e. The van der Waals surface area contributed by atoms with Gasteiger partial charge in [-0.2, -0.15) is 4.98 Å². The van der Waals surface area contributed by atoms with Gasteiger partial charge < -0.3 is 29.4 Å². The van der Waals surface area contributed by atoms with Crippen molar-refractivity contribution in [3.8, 4) is 11.5 Å². The largest absolute Gasteiger partial charge is 0.493 e. The Bertz CT molecular complexity index is 1140. The number of rotatable bonds is 5. The normalized spacial score (nSPS) is 14.0. The molecular weight excluding hydrogens is 434 g/mol. The second-order valence-electron chi connectivity index (χ2n) is 7.23. The number of nitrogen functional groups attached to an aromatic ring is 1. The second kappa shape index (κ2) is 9.78. The maximum absolute atomic E-state index is 12.5. The fourth-order valence-corrected chi connectivity index (χ4v) is 3.54. The van der Waals surface area contributed by atoms with Crippen molar-refractivity contribution < 1.29 is 18.7 Å². The van der Waals surface area contributed by atoms with E-state index in [1.807, 2.05) is 24.0 Å². The molecule has 0 atom stereocenters. The van der Waals surface area contributed by atoms with Crippen LogP contribution in [0.4, 0.5) is 11.8 Å². The van der Waals surface area contributed by atoms with Crippen LogP contribution in [0.3, 0.4) is 0 Å². The van der Waals surface area contributed by atoms with Crippen molar-refractivity contribution in [1.82, 2.24) is 14.9 Å². The molecule has 3 heterocycles. The average Bonchev–Trinajstić information content (AvgIpc) is 3.21. The summed E-state index contributed by atoms with van der Waals surface area (Å²) in [6.45, 7) is 4.21. The molecule has 0 saturated carbocycles. The van der Waals surface area contributed by atoms with Crippen LogP contribution < -0.4 is 20.1 Å². The average molecular weight is 460 g/mol. The van der Waals surface area contributed by atoms with Crippen LogP contribution in [0.5, 0.6) is 11.5 Å². The highest BCUT2D eigenvalue weighted by Gasteiger charge is 2.22. The molecule has 2 N–H and O–H groups in total. The highest BCUT2D eigenvalue weighted by Crippen LogP contribution is 2.34. The number of fused-ring (bicyclic) bond motifs is 1. The molecule has 32 heavy (non-hydrogen) atoms. The van der Waals surface area contributed by atoms with Gasteiger partial charge in [-0.3, -0.25) is 4.79 Å². The third-order valence-corrected chi connectivity index (χ3v) is 5.24. The molecule has 4 rings (SSSR count). The fourth-order valence-electron chi connectivity index (χ4n) is 3.54. The molecule has 0 bridgehead atoms. The minimum absolute atomic E-state index is 0. The van der Waals surface area contributed by atoms with Gasteiger partial charge in [0.2, 0.25) is 11.9 Å². The fraction of sp³-hybridized carbons (Fsp3) is 0.318. The minimum atomic E-state index is -0.0514. The van der Waals surface area contributed by atoms with Crippen LogP contribution in [0.25, 0.3) is 17.0 Å². The van der Waals surface area contributed by atoms with Gasteiger partial charge in [0.05, 0.1) is 19.7 Å². The Morgan fingerprint density at radius 2 is 1.78 bits per heavy atom. The van der Waals surface area contributed by atoms with E-state index in [4.69, 9.17) is 19.6 Å². The van der Waals surface area contributed by atoms with E-state index in [1.54, 1.807) is 37.3 Å². The molecule has 2 aromatic heterocycles. The Labute approximate surface area is 192 Å². The summed E-state index contributed by atoms with van der Waals surface area (Å²) in [6.07, 6.45) is 3.23. The van der Waals surface area contributed by atoms with E-state index in [1.165, 1.54) is 6.08 Å². The molecule has 170 valence electrons. The number of nitrogens with zero attached hydrogens (tertiary/aromatic N) is 4. The topological polar surface area (TPSA) is 107 Å². The van der Waals surface area contributed by atoms with E-state index >= 15 is 0 Å². The third-order valence-electron chi connectivity index (χ3n) is 5.24. The first kappa shape index (κ1) is 23.2. The number of aromatic nitrogens is 2. The summed E-state index contributed by atoms with van der Waals surface area (Å²) in [5.41, 5.74) is 6.87. The zero-order valence-electron chi connectivity index (χ0n) is 18.2. The van der Waals surface area contributed by atoms with Crippen molar-refractivity contribution in [1.29, 1.82) is 0 Å². The monoisotopic (exact) mass is 459 g/mol. The van der Waals surface area contributed by atoms with Crippen molar-refractivity contribution in [2.24, 2.45) is 0 Å². The Hall–Kier alpha value is -3.46. The molecule has 0 unspecified atom stereocenters. The van der Waals surface area contributed by atoms with E-state index in [9.17, 15) is 4.79 Å². The number of hydrogen-bond donors (Lipinski definition) is 1. The third kappa shape index (κ3) is 4.72. The molecule has 1 fully saturated rings. The lowest BCUT2D eigenvalue weighted by Gasteiger charge is -2.34. The SMILES string of the molecule is COc1cc2nc(N3CCN(C(=O)/C=C/c4ccc(C)o4)CC3)nc(N)c2cc1OC.Cl. The first-order valence-corrected chi connectivity index (χ1v) is 9.96. The number of nitrogens with two attached hydrogens (primary N) is 1. The van der Waals surface area contributed by atoms with Crippen LogP contribution >= 0.6 is 12.4 Å². The number of carbonyl (C=O) groups is 1. The smallest absolute Gasteiger partial charge is 0.246 e.